The van der Waals surface area contributed by atoms with Gasteiger partial charge >= 0.3 is 5.97 Å². The first-order valence-electron chi connectivity index (χ1n) is 8.29. The van der Waals surface area contributed by atoms with Crippen LogP contribution in [-0.2, 0) is 9.53 Å². The lowest BCUT2D eigenvalue weighted by Gasteiger charge is -2.35. The molecule has 1 aliphatic carbocycles. The Bertz CT molecular complexity index is 760. The number of hydrogen-bond donors (Lipinski definition) is 1. The average molecular weight is 347 g/mol. The quantitative estimate of drug-likeness (QED) is 0.887. The van der Waals surface area contributed by atoms with Crippen LogP contribution in [0.3, 0.4) is 0 Å². The molecular weight excluding hydrogens is 329 g/mol. The van der Waals surface area contributed by atoms with E-state index >= 15 is 0 Å². The van der Waals surface area contributed by atoms with Crippen LogP contribution in [0.2, 0.25) is 0 Å². The second-order valence-electron chi connectivity index (χ2n) is 6.41. The Kier molecular flexibility index (Phi) is 4.22. The Balaban J connectivity index is 1.53. The molecule has 1 saturated heterocycles. The van der Waals surface area contributed by atoms with Crippen molar-refractivity contribution in [2.24, 2.45) is 0 Å². The Hall–Kier alpha value is -2.32. The first-order chi connectivity index (χ1) is 12.1. The molecule has 2 aliphatic rings. The number of halogens is 1. The van der Waals surface area contributed by atoms with Gasteiger partial charge in [0.05, 0.1) is 6.61 Å². The van der Waals surface area contributed by atoms with Gasteiger partial charge in [-0.3, -0.25) is 9.69 Å². The molecule has 0 spiro atoms. The molecule has 2 aromatic rings. The van der Waals surface area contributed by atoms with E-state index in [-0.39, 0.29) is 0 Å². The summed E-state index contributed by atoms with van der Waals surface area (Å²) in [6.45, 7) is 1.15. The van der Waals surface area contributed by atoms with Gasteiger partial charge in [-0.05, 0) is 30.5 Å². The molecule has 1 aromatic carbocycles. The number of benzene rings is 1. The van der Waals surface area contributed by atoms with E-state index in [1.54, 1.807) is 4.90 Å². The highest BCUT2D eigenvalue weighted by atomic mass is 19.1. The summed E-state index contributed by atoms with van der Waals surface area (Å²) in [5, 5.41) is 13.7. The van der Waals surface area contributed by atoms with Gasteiger partial charge in [-0.15, -0.1) is 0 Å². The summed E-state index contributed by atoms with van der Waals surface area (Å²) in [6, 6.07) is 4.66. The lowest BCUT2D eigenvalue weighted by atomic mass is 10.0. The van der Waals surface area contributed by atoms with Gasteiger partial charge in [-0.1, -0.05) is 17.3 Å². The van der Waals surface area contributed by atoms with E-state index in [1.165, 1.54) is 24.3 Å². The maximum atomic E-state index is 13.1. The van der Waals surface area contributed by atoms with E-state index in [1.807, 2.05) is 0 Å². The fraction of sp³-hybridized carbons (Fsp3) is 0.471. The number of aliphatic carboxylic acids is 1. The second kappa shape index (κ2) is 6.53. The molecule has 2 unspecified atom stereocenters. The largest absolute Gasteiger partial charge is 0.480 e. The third kappa shape index (κ3) is 3.40. The number of hydrogen-bond acceptors (Lipinski definition) is 6. The highest BCUT2D eigenvalue weighted by molar-refractivity contribution is 5.75. The van der Waals surface area contributed by atoms with Gasteiger partial charge < -0.3 is 14.4 Å². The van der Waals surface area contributed by atoms with Crippen molar-refractivity contribution in [3.63, 3.8) is 0 Å². The molecule has 1 aliphatic heterocycles. The average Bonchev–Trinajstić information content (AvgIpc) is 3.34. The molecule has 132 valence electrons. The molecule has 0 radical (unpaired) electrons. The van der Waals surface area contributed by atoms with Crippen LogP contribution in [0, 0.1) is 5.82 Å². The fourth-order valence-corrected chi connectivity index (χ4v) is 3.09. The van der Waals surface area contributed by atoms with E-state index in [0.717, 1.165) is 12.8 Å². The normalized spacial score (nSPS) is 22.7. The highest BCUT2D eigenvalue weighted by Gasteiger charge is 2.36. The van der Waals surface area contributed by atoms with E-state index < -0.39 is 23.9 Å². The zero-order valence-corrected chi connectivity index (χ0v) is 13.5. The van der Waals surface area contributed by atoms with E-state index in [9.17, 15) is 14.3 Å². The lowest BCUT2D eigenvalue weighted by Crippen LogP contribution is -2.43. The maximum Gasteiger partial charge on any atom is 0.325 e. The van der Waals surface area contributed by atoms with Gasteiger partial charge in [0.15, 0.2) is 0 Å². The van der Waals surface area contributed by atoms with E-state index in [2.05, 4.69) is 10.1 Å². The number of morpholine rings is 1. The fourth-order valence-electron chi connectivity index (χ4n) is 3.09. The monoisotopic (exact) mass is 347 g/mol. The van der Waals surface area contributed by atoms with Crippen molar-refractivity contribution in [2.75, 3.05) is 19.7 Å². The van der Waals surface area contributed by atoms with Crippen LogP contribution in [0.25, 0.3) is 0 Å². The van der Waals surface area contributed by atoms with E-state index in [0.29, 0.717) is 42.9 Å². The minimum absolute atomic E-state index is 0.331. The van der Waals surface area contributed by atoms with Gasteiger partial charge in [0.2, 0.25) is 11.7 Å². The summed E-state index contributed by atoms with van der Waals surface area (Å²) in [5.41, 5.74) is 0.529. The number of nitrogens with zero attached hydrogens (tertiary/aromatic N) is 3. The van der Waals surface area contributed by atoms with Crippen molar-refractivity contribution < 1.29 is 23.6 Å². The van der Waals surface area contributed by atoms with Crippen LogP contribution in [-0.4, -0.2) is 45.8 Å². The van der Waals surface area contributed by atoms with Crippen molar-refractivity contribution in [3.05, 3.63) is 47.4 Å². The van der Waals surface area contributed by atoms with Crippen LogP contribution in [0.5, 0.6) is 0 Å². The Morgan fingerprint density at radius 3 is 2.76 bits per heavy atom. The molecule has 2 heterocycles. The maximum absolute atomic E-state index is 13.1. The Labute approximate surface area is 143 Å². The minimum atomic E-state index is -0.987. The zero-order valence-electron chi connectivity index (χ0n) is 13.5. The van der Waals surface area contributed by atoms with Crippen molar-refractivity contribution in [1.82, 2.24) is 15.0 Å². The van der Waals surface area contributed by atoms with Crippen LogP contribution in [0.1, 0.15) is 48.2 Å². The predicted octanol–water partition coefficient (Wildman–Crippen LogP) is 2.29. The molecule has 25 heavy (non-hydrogen) atoms. The number of carboxylic acids is 1. The number of rotatable bonds is 5. The summed E-state index contributed by atoms with van der Waals surface area (Å²) >= 11 is 0. The van der Waals surface area contributed by atoms with Crippen molar-refractivity contribution in [2.45, 2.75) is 30.9 Å². The topological polar surface area (TPSA) is 88.7 Å². The second-order valence-corrected chi connectivity index (χ2v) is 6.41. The third-order valence-corrected chi connectivity index (χ3v) is 4.55. The molecule has 1 saturated carbocycles. The molecular formula is C17H18FN3O4. The van der Waals surface area contributed by atoms with Crippen LogP contribution in [0.4, 0.5) is 4.39 Å². The number of carboxylic acid groups (broad SMARTS) is 1. The number of aromatic nitrogens is 2. The van der Waals surface area contributed by atoms with E-state index in [4.69, 9.17) is 9.26 Å². The van der Waals surface area contributed by atoms with Crippen LogP contribution >= 0.6 is 0 Å². The smallest absolute Gasteiger partial charge is 0.325 e. The molecule has 8 heteroatoms. The van der Waals surface area contributed by atoms with Gasteiger partial charge in [0, 0.05) is 19.0 Å². The van der Waals surface area contributed by atoms with Crippen LogP contribution in [0.15, 0.2) is 28.8 Å². The summed E-state index contributed by atoms with van der Waals surface area (Å²) in [5.74, 6) is 0.0528. The molecule has 1 N–H and O–H groups in total. The molecule has 0 bridgehead atoms. The third-order valence-electron chi connectivity index (χ3n) is 4.55. The SMILES string of the molecule is O=C(O)C(c1ccc(F)cc1)N1CCOC(c2noc(C3CC3)n2)C1. The summed E-state index contributed by atoms with van der Waals surface area (Å²) in [7, 11) is 0. The number of ether oxygens (including phenoxy) is 1. The standard InChI is InChI=1S/C17H18FN3O4/c18-12-5-3-10(4-6-12)14(17(22)23)21-7-8-24-13(9-21)15-19-16(25-20-15)11-1-2-11/h3-6,11,13-14H,1-2,7-9H2,(H,22,23). The first kappa shape index (κ1) is 16.2. The summed E-state index contributed by atoms with van der Waals surface area (Å²) in [4.78, 5) is 18.0. The predicted molar refractivity (Wildman–Crippen MR) is 83.3 cm³/mol. The summed E-state index contributed by atoms with van der Waals surface area (Å²) in [6.07, 6.45) is 1.68. The minimum Gasteiger partial charge on any atom is -0.480 e. The van der Waals surface area contributed by atoms with Gasteiger partial charge in [0.1, 0.15) is 18.0 Å². The van der Waals surface area contributed by atoms with Gasteiger partial charge in [-0.2, -0.15) is 4.98 Å². The van der Waals surface area contributed by atoms with Crippen molar-refractivity contribution >= 4 is 5.97 Å². The van der Waals surface area contributed by atoms with Crippen LogP contribution < -0.4 is 0 Å². The first-order valence-corrected chi connectivity index (χ1v) is 8.29. The molecule has 1 aromatic heterocycles. The summed E-state index contributed by atoms with van der Waals surface area (Å²) < 4.78 is 24.1. The number of carbonyl (C=O) groups is 1. The molecule has 2 fully saturated rings. The Morgan fingerprint density at radius 1 is 1.32 bits per heavy atom. The highest BCUT2D eigenvalue weighted by Crippen LogP contribution is 2.39. The molecule has 0 amide bonds. The molecule has 2 atom stereocenters. The molecule has 4 rings (SSSR count). The van der Waals surface area contributed by atoms with Crippen molar-refractivity contribution in [1.29, 1.82) is 0 Å². The lowest BCUT2D eigenvalue weighted by molar-refractivity contribution is -0.147. The zero-order chi connectivity index (χ0) is 17.4. The molecule has 7 nitrogen and oxygen atoms in total. The Morgan fingerprint density at radius 2 is 2.08 bits per heavy atom. The van der Waals surface area contributed by atoms with Gasteiger partial charge in [-0.25, -0.2) is 4.39 Å². The van der Waals surface area contributed by atoms with Gasteiger partial charge in [0.25, 0.3) is 0 Å². The van der Waals surface area contributed by atoms with Crippen molar-refractivity contribution in [3.8, 4) is 0 Å².